The lowest BCUT2D eigenvalue weighted by atomic mass is 10.2. The second kappa shape index (κ2) is 5.52. The first kappa shape index (κ1) is 14.0. The number of nitrogens with zero attached hydrogens (tertiary/aromatic N) is 2. The van der Waals surface area contributed by atoms with E-state index in [1.54, 1.807) is 11.3 Å². The molecular weight excluding hydrogens is 298 g/mol. The molecule has 2 aromatic rings. The van der Waals surface area contributed by atoms with E-state index in [9.17, 15) is 4.79 Å². The molecule has 1 aromatic carbocycles. The van der Waals surface area contributed by atoms with E-state index in [1.807, 2.05) is 18.2 Å². The summed E-state index contributed by atoms with van der Waals surface area (Å²) >= 11 is 1.68. The van der Waals surface area contributed by atoms with Crippen molar-refractivity contribution in [1.82, 2.24) is 4.98 Å². The van der Waals surface area contributed by atoms with Gasteiger partial charge in [0.15, 0.2) is 5.13 Å². The van der Waals surface area contributed by atoms with Crippen LogP contribution in [0.2, 0.25) is 0 Å². The fourth-order valence-corrected chi connectivity index (χ4v) is 3.86. The molecule has 1 aliphatic heterocycles. The van der Waals surface area contributed by atoms with Gasteiger partial charge in [-0.2, -0.15) is 0 Å². The lowest BCUT2D eigenvalue weighted by molar-refractivity contribution is -0.117. The van der Waals surface area contributed by atoms with Gasteiger partial charge in [-0.15, -0.1) is 0 Å². The van der Waals surface area contributed by atoms with Gasteiger partial charge in [0.25, 0.3) is 0 Å². The molecule has 2 fully saturated rings. The second-order valence-electron chi connectivity index (χ2n) is 6.09. The molecule has 1 aliphatic carbocycles. The maximum absolute atomic E-state index is 12.0. The maximum atomic E-state index is 12.0. The fourth-order valence-electron chi connectivity index (χ4n) is 2.80. The molecule has 1 N–H and O–H groups in total. The van der Waals surface area contributed by atoms with Gasteiger partial charge >= 0.3 is 0 Å². The van der Waals surface area contributed by atoms with E-state index >= 15 is 0 Å². The van der Waals surface area contributed by atoms with Gasteiger partial charge in [-0.25, -0.2) is 4.98 Å². The Balaban J connectivity index is 1.54. The molecule has 0 unspecified atom stereocenters. The summed E-state index contributed by atoms with van der Waals surface area (Å²) in [6.45, 7) is 5.42. The number of anilines is 2. The SMILES string of the molecule is C[C@H]1C[C@@H]1C(=O)Nc1ccc2nc(N3CCOCC3)sc2c1. The van der Waals surface area contributed by atoms with Crippen LogP contribution in [-0.4, -0.2) is 37.2 Å². The largest absolute Gasteiger partial charge is 0.378 e. The summed E-state index contributed by atoms with van der Waals surface area (Å²) in [6.07, 6.45) is 1.01. The smallest absolute Gasteiger partial charge is 0.227 e. The summed E-state index contributed by atoms with van der Waals surface area (Å²) in [5, 5.41) is 4.06. The zero-order valence-electron chi connectivity index (χ0n) is 12.5. The van der Waals surface area contributed by atoms with Crippen LogP contribution in [-0.2, 0) is 9.53 Å². The zero-order chi connectivity index (χ0) is 15.1. The van der Waals surface area contributed by atoms with Crippen LogP contribution in [0.1, 0.15) is 13.3 Å². The van der Waals surface area contributed by atoms with E-state index in [0.717, 1.165) is 53.8 Å². The monoisotopic (exact) mass is 317 g/mol. The summed E-state index contributed by atoms with van der Waals surface area (Å²) in [4.78, 5) is 19.0. The highest BCUT2D eigenvalue weighted by molar-refractivity contribution is 7.22. The average Bonchev–Trinajstić information content (AvgIpc) is 3.12. The molecule has 2 atom stereocenters. The molecule has 4 rings (SSSR count). The average molecular weight is 317 g/mol. The van der Waals surface area contributed by atoms with Crippen LogP contribution in [0.3, 0.4) is 0 Å². The Morgan fingerprint density at radius 3 is 2.91 bits per heavy atom. The summed E-state index contributed by atoms with van der Waals surface area (Å²) in [7, 11) is 0. The van der Waals surface area contributed by atoms with Crippen molar-refractivity contribution in [2.75, 3.05) is 36.5 Å². The molecule has 22 heavy (non-hydrogen) atoms. The predicted octanol–water partition coefficient (Wildman–Crippen LogP) is 2.73. The Hall–Kier alpha value is -1.66. The number of carbonyl (C=O) groups is 1. The molecule has 1 amide bonds. The van der Waals surface area contributed by atoms with Gasteiger partial charge in [0.05, 0.1) is 23.4 Å². The summed E-state index contributed by atoms with van der Waals surface area (Å²) in [5.41, 5.74) is 1.86. The van der Waals surface area contributed by atoms with E-state index in [4.69, 9.17) is 9.72 Å². The minimum absolute atomic E-state index is 0.143. The van der Waals surface area contributed by atoms with Crippen LogP contribution in [0.15, 0.2) is 18.2 Å². The first-order valence-corrected chi connectivity index (χ1v) is 8.56. The van der Waals surface area contributed by atoms with Gasteiger partial charge in [0.2, 0.25) is 5.91 Å². The normalized spacial score (nSPS) is 24.5. The summed E-state index contributed by atoms with van der Waals surface area (Å²) in [5.74, 6) is 0.867. The third-order valence-corrected chi connectivity index (χ3v) is 5.45. The lowest BCUT2D eigenvalue weighted by Crippen LogP contribution is -2.36. The van der Waals surface area contributed by atoms with E-state index < -0.39 is 0 Å². The highest BCUT2D eigenvalue weighted by atomic mass is 32.1. The van der Waals surface area contributed by atoms with Crippen LogP contribution in [0, 0.1) is 11.8 Å². The number of benzene rings is 1. The Morgan fingerprint density at radius 1 is 1.41 bits per heavy atom. The van der Waals surface area contributed by atoms with Crippen molar-refractivity contribution < 1.29 is 9.53 Å². The number of amides is 1. The standard InChI is InChI=1S/C16H19N3O2S/c1-10-8-12(10)15(20)17-11-2-3-13-14(9-11)22-16(18-13)19-4-6-21-7-5-19/h2-3,9-10,12H,4-8H2,1H3,(H,17,20)/t10-,12-/m0/s1. The molecule has 1 saturated heterocycles. The van der Waals surface area contributed by atoms with Crippen LogP contribution in [0.4, 0.5) is 10.8 Å². The van der Waals surface area contributed by atoms with Crippen LogP contribution < -0.4 is 10.2 Å². The third-order valence-electron chi connectivity index (χ3n) is 4.37. The summed E-state index contributed by atoms with van der Waals surface area (Å²) in [6, 6.07) is 5.96. The molecular formula is C16H19N3O2S. The highest BCUT2D eigenvalue weighted by Crippen LogP contribution is 2.39. The number of nitrogens with one attached hydrogen (secondary N) is 1. The van der Waals surface area contributed by atoms with Crippen molar-refractivity contribution in [3.63, 3.8) is 0 Å². The molecule has 5 nitrogen and oxygen atoms in total. The molecule has 6 heteroatoms. The fraction of sp³-hybridized carbons (Fsp3) is 0.500. The molecule has 2 heterocycles. The van der Waals surface area contributed by atoms with E-state index in [-0.39, 0.29) is 11.8 Å². The maximum Gasteiger partial charge on any atom is 0.227 e. The number of hydrogen-bond donors (Lipinski definition) is 1. The number of thiazole rings is 1. The zero-order valence-corrected chi connectivity index (χ0v) is 13.4. The van der Waals surface area contributed by atoms with Crippen molar-refractivity contribution in [2.24, 2.45) is 11.8 Å². The number of morpholine rings is 1. The van der Waals surface area contributed by atoms with Crippen molar-refractivity contribution >= 4 is 38.3 Å². The molecule has 0 bridgehead atoms. The number of ether oxygens (including phenoxy) is 1. The molecule has 1 saturated carbocycles. The first-order valence-electron chi connectivity index (χ1n) is 7.75. The quantitative estimate of drug-likeness (QED) is 0.946. The van der Waals surface area contributed by atoms with E-state index in [2.05, 4.69) is 17.1 Å². The van der Waals surface area contributed by atoms with E-state index in [0.29, 0.717) is 5.92 Å². The third kappa shape index (κ3) is 2.68. The van der Waals surface area contributed by atoms with Gasteiger partial charge < -0.3 is 15.0 Å². The van der Waals surface area contributed by atoms with Crippen molar-refractivity contribution in [2.45, 2.75) is 13.3 Å². The Kier molecular flexibility index (Phi) is 3.50. The van der Waals surface area contributed by atoms with Gasteiger partial charge in [0, 0.05) is 24.7 Å². The number of carbonyl (C=O) groups excluding carboxylic acids is 1. The second-order valence-corrected chi connectivity index (χ2v) is 7.10. The highest BCUT2D eigenvalue weighted by Gasteiger charge is 2.39. The number of fused-ring (bicyclic) bond motifs is 1. The summed E-state index contributed by atoms with van der Waals surface area (Å²) < 4.78 is 6.50. The van der Waals surface area contributed by atoms with E-state index in [1.165, 1.54) is 0 Å². The first-order chi connectivity index (χ1) is 10.7. The Morgan fingerprint density at radius 2 is 2.18 bits per heavy atom. The van der Waals surface area contributed by atoms with Gasteiger partial charge in [-0.05, 0) is 30.5 Å². The van der Waals surface area contributed by atoms with Crippen LogP contribution in [0.25, 0.3) is 10.2 Å². The number of rotatable bonds is 3. The number of hydrogen-bond acceptors (Lipinski definition) is 5. The minimum Gasteiger partial charge on any atom is -0.378 e. The van der Waals surface area contributed by atoms with Crippen LogP contribution in [0.5, 0.6) is 0 Å². The van der Waals surface area contributed by atoms with Crippen molar-refractivity contribution in [1.29, 1.82) is 0 Å². The molecule has 2 aliphatic rings. The Bertz CT molecular complexity index is 708. The number of aromatic nitrogens is 1. The molecule has 1 aromatic heterocycles. The van der Waals surface area contributed by atoms with Crippen molar-refractivity contribution in [3.05, 3.63) is 18.2 Å². The molecule has 0 spiro atoms. The minimum atomic E-state index is 0.143. The van der Waals surface area contributed by atoms with Crippen molar-refractivity contribution in [3.8, 4) is 0 Å². The lowest BCUT2D eigenvalue weighted by Gasteiger charge is -2.25. The van der Waals surface area contributed by atoms with Gasteiger partial charge in [0.1, 0.15) is 0 Å². The predicted molar refractivity (Wildman–Crippen MR) is 88.6 cm³/mol. The molecule has 0 radical (unpaired) electrons. The van der Waals surface area contributed by atoms with Gasteiger partial charge in [-0.1, -0.05) is 18.3 Å². The van der Waals surface area contributed by atoms with Crippen LogP contribution >= 0.6 is 11.3 Å². The van der Waals surface area contributed by atoms with Gasteiger partial charge in [-0.3, -0.25) is 4.79 Å². The molecule has 116 valence electrons. The topological polar surface area (TPSA) is 54.5 Å². The Labute approximate surface area is 133 Å².